The van der Waals surface area contributed by atoms with E-state index in [1.165, 1.54) is 0 Å². The predicted octanol–water partition coefficient (Wildman–Crippen LogP) is 2.95. The molecule has 1 aromatic rings. The van der Waals surface area contributed by atoms with Crippen LogP contribution in [0, 0.1) is 5.92 Å². The molecule has 1 rings (SSSR count). The maximum atomic E-state index is 13.1. The van der Waals surface area contributed by atoms with Crippen molar-refractivity contribution in [3.05, 3.63) is 23.8 Å². The molecular weight excluding hydrogens is 508 g/mol. The second kappa shape index (κ2) is 14.0. The van der Waals surface area contributed by atoms with E-state index in [4.69, 9.17) is 21.0 Å². The van der Waals surface area contributed by atoms with Gasteiger partial charge in [-0.2, -0.15) is 0 Å². The zero-order chi connectivity index (χ0) is 29.3. The number of hydrogen-bond acceptors (Lipinski definition) is 6. The van der Waals surface area contributed by atoms with Gasteiger partial charge in [0.2, 0.25) is 11.8 Å². The summed E-state index contributed by atoms with van der Waals surface area (Å²) in [7, 11) is -1.97. The molecule has 0 aliphatic carbocycles. The van der Waals surface area contributed by atoms with Crippen molar-refractivity contribution in [2.75, 3.05) is 17.6 Å². The van der Waals surface area contributed by atoms with Crippen molar-refractivity contribution in [2.24, 2.45) is 11.7 Å². The highest BCUT2D eigenvalue weighted by molar-refractivity contribution is 6.74. The normalized spacial score (nSPS) is 13.4. The standard InChI is InChI=1S/C25H44N6O6Si/c1-15(2)20(31-24(35)36)22(33)30-19(9-8-12-28-23(27)34)21(32)29-17-11-10-16(18(26)13-17)14-37-38(6,7)25(3,4)5/h10-11,13,15,19-20,31H,8-9,12,14,26H2,1-7H3,(H,29,32)(H,30,33)(H,35,36)(H3,27,28,34)/t19-,20-/m0/s1. The van der Waals surface area contributed by atoms with Gasteiger partial charge in [0.15, 0.2) is 8.32 Å². The first kappa shape index (κ1) is 32.7. The summed E-state index contributed by atoms with van der Waals surface area (Å²) in [4.78, 5) is 48.0. The van der Waals surface area contributed by atoms with E-state index in [0.29, 0.717) is 24.4 Å². The minimum atomic E-state index is -1.97. The SMILES string of the molecule is CC(C)[C@H](NC(=O)O)C(=O)N[C@@H](CCCNC(N)=O)C(=O)Nc1ccc(CO[Si](C)(C)C(C)(C)C)c(N)c1. The van der Waals surface area contributed by atoms with Crippen molar-refractivity contribution in [1.29, 1.82) is 0 Å². The van der Waals surface area contributed by atoms with E-state index in [-0.39, 0.29) is 23.9 Å². The third-order valence-corrected chi connectivity index (χ3v) is 11.1. The summed E-state index contributed by atoms with van der Waals surface area (Å²) in [5.74, 6) is -1.50. The second-order valence-corrected chi connectivity index (χ2v) is 15.9. The van der Waals surface area contributed by atoms with Crippen LogP contribution in [0.25, 0.3) is 0 Å². The number of anilines is 2. The van der Waals surface area contributed by atoms with Gasteiger partial charge < -0.3 is 42.3 Å². The highest BCUT2D eigenvalue weighted by atomic mass is 28.4. The van der Waals surface area contributed by atoms with E-state index in [9.17, 15) is 19.2 Å². The number of benzene rings is 1. The van der Waals surface area contributed by atoms with Crippen LogP contribution in [-0.4, -0.2) is 56.0 Å². The average Bonchev–Trinajstić information content (AvgIpc) is 2.77. The van der Waals surface area contributed by atoms with Crippen LogP contribution in [-0.2, 0) is 20.6 Å². The molecule has 0 bridgehead atoms. The maximum Gasteiger partial charge on any atom is 0.405 e. The number of rotatable bonds is 13. The molecule has 0 saturated carbocycles. The van der Waals surface area contributed by atoms with Gasteiger partial charge in [-0.25, -0.2) is 9.59 Å². The number of hydrogen-bond donors (Lipinski definition) is 7. The Hall–Kier alpha value is -3.32. The molecule has 0 aromatic heterocycles. The number of urea groups is 1. The monoisotopic (exact) mass is 552 g/mol. The summed E-state index contributed by atoms with van der Waals surface area (Å²) in [5, 5.41) is 19.1. The first-order valence-corrected chi connectivity index (χ1v) is 15.5. The Morgan fingerprint density at radius 3 is 2.21 bits per heavy atom. The largest absolute Gasteiger partial charge is 0.465 e. The molecule has 5 amide bonds. The van der Waals surface area contributed by atoms with Gasteiger partial charge in [0, 0.05) is 17.9 Å². The summed E-state index contributed by atoms with van der Waals surface area (Å²) >= 11 is 0. The number of nitrogens with one attached hydrogen (secondary N) is 4. The van der Waals surface area contributed by atoms with Crippen molar-refractivity contribution < 1.29 is 28.7 Å². The average molecular weight is 553 g/mol. The summed E-state index contributed by atoms with van der Waals surface area (Å²) in [6.07, 6.45) is -0.839. The Kier molecular flexibility index (Phi) is 12.1. The van der Waals surface area contributed by atoms with Crippen molar-refractivity contribution in [3.8, 4) is 0 Å². The number of carboxylic acid groups (broad SMARTS) is 1. The highest BCUT2D eigenvalue weighted by Crippen LogP contribution is 2.37. The van der Waals surface area contributed by atoms with E-state index in [2.05, 4.69) is 55.1 Å². The van der Waals surface area contributed by atoms with E-state index >= 15 is 0 Å². The van der Waals surface area contributed by atoms with E-state index in [1.807, 2.05) is 0 Å². The van der Waals surface area contributed by atoms with E-state index in [1.54, 1.807) is 32.0 Å². The molecule has 2 atom stereocenters. The van der Waals surface area contributed by atoms with Gasteiger partial charge in [0.25, 0.3) is 0 Å². The quantitative estimate of drug-likeness (QED) is 0.111. The van der Waals surface area contributed by atoms with Crippen molar-refractivity contribution in [1.82, 2.24) is 16.0 Å². The molecule has 38 heavy (non-hydrogen) atoms. The first-order chi connectivity index (χ1) is 17.4. The van der Waals surface area contributed by atoms with Crippen LogP contribution in [0.15, 0.2) is 18.2 Å². The van der Waals surface area contributed by atoms with Crippen LogP contribution in [0.4, 0.5) is 21.0 Å². The second-order valence-electron chi connectivity index (χ2n) is 11.1. The Morgan fingerprint density at radius 2 is 1.71 bits per heavy atom. The number of carbonyl (C=O) groups excluding carboxylic acids is 3. The fraction of sp³-hybridized carbons (Fsp3) is 0.600. The Morgan fingerprint density at radius 1 is 1.08 bits per heavy atom. The lowest BCUT2D eigenvalue weighted by molar-refractivity contribution is -0.128. The van der Waals surface area contributed by atoms with Gasteiger partial charge in [0.1, 0.15) is 12.1 Å². The molecule has 0 fully saturated rings. The molecule has 0 aliphatic rings. The van der Waals surface area contributed by atoms with Crippen molar-refractivity contribution in [2.45, 2.75) is 84.3 Å². The fourth-order valence-corrected chi connectivity index (χ4v) is 4.17. The maximum absolute atomic E-state index is 13.1. The lowest BCUT2D eigenvalue weighted by Gasteiger charge is -2.36. The lowest BCUT2D eigenvalue weighted by Crippen LogP contribution is -2.54. The molecule has 1 aromatic carbocycles. The molecular formula is C25H44N6O6Si. The molecule has 9 N–H and O–H groups in total. The number of carbonyl (C=O) groups is 4. The molecule has 0 spiro atoms. The zero-order valence-corrected chi connectivity index (χ0v) is 24.4. The van der Waals surface area contributed by atoms with Gasteiger partial charge in [0.05, 0.1) is 6.61 Å². The Balaban J connectivity index is 2.99. The molecule has 0 saturated heterocycles. The third kappa shape index (κ3) is 10.6. The fourth-order valence-electron chi connectivity index (χ4n) is 3.22. The summed E-state index contributed by atoms with van der Waals surface area (Å²) < 4.78 is 6.24. The minimum absolute atomic E-state index is 0.0522. The van der Waals surface area contributed by atoms with Crippen LogP contribution >= 0.6 is 0 Å². The molecule has 12 nitrogen and oxygen atoms in total. The smallest absolute Gasteiger partial charge is 0.405 e. The molecule has 0 unspecified atom stereocenters. The van der Waals surface area contributed by atoms with E-state index in [0.717, 1.165) is 5.56 Å². The van der Waals surface area contributed by atoms with E-state index < -0.39 is 44.3 Å². The van der Waals surface area contributed by atoms with Crippen LogP contribution in [0.3, 0.4) is 0 Å². The minimum Gasteiger partial charge on any atom is -0.465 e. The van der Waals surface area contributed by atoms with Crippen molar-refractivity contribution >= 4 is 43.6 Å². The van der Waals surface area contributed by atoms with Crippen LogP contribution in [0.5, 0.6) is 0 Å². The molecule has 13 heteroatoms. The summed E-state index contributed by atoms with van der Waals surface area (Å²) in [6, 6.07) is 2.36. The highest BCUT2D eigenvalue weighted by Gasteiger charge is 2.37. The number of amides is 5. The third-order valence-electron chi connectivity index (χ3n) is 6.64. The summed E-state index contributed by atoms with van der Waals surface area (Å²) in [5.41, 5.74) is 13.0. The topological polar surface area (TPSA) is 198 Å². The van der Waals surface area contributed by atoms with Gasteiger partial charge in [-0.1, -0.05) is 40.7 Å². The van der Waals surface area contributed by atoms with Gasteiger partial charge in [-0.05, 0) is 54.6 Å². The molecule has 214 valence electrons. The van der Waals surface area contributed by atoms with Crippen LogP contribution in [0.1, 0.15) is 53.0 Å². The van der Waals surface area contributed by atoms with Crippen LogP contribution < -0.4 is 32.7 Å². The Bertz CT molecular complexity index is 995. The summed E-state index contributed by atoms with van der Waals surface area (Å²) in [6.45, 7) is 14.7. The molecule has 0 radical (unpaired) electrons. The number of nitrogen functional groups attached to an aromatic ring is 1. The van der Waals surface area contributed by atoms with Crippen molar-refractivity contribution in [3.63, 3.8) is 0 Å². The zero-order valence-electron chi connectivity index (χ0n) is 23.4. The predicted molar refractivity (Wildman–Crippen MR) is 150 cm³/mol. The lowest BCUT2D eigenvalue weighted by atomic mass is 10.0. The van der Waals surface area contributed by atoms with Gasteiger partial charge in [-0.15, -0.1) is 0 Å². The van der Waals surface area contributed by atoms with Gasteiger partial charge in [-0.3, -0.25) is 9.59 Å². The Labute approximate surface area is 225 Å². The van der Waals surface area contributed by atoms with Gasteiger partial charge >= 0.3 is 12.1 Å². The number of nitrogens with two attached hydrogens (primary N) is 2. The molecule has 0 heterocycles. The molecule has 0 aliphatic heterocycles. The van der Waals surface area contributed by atoms with Crippen LogP contribution in [0.2, 0.25) is 18.1 Å². The first-order valence-electron chi connectivity index (χ1n) is 12.6. The number of primary amides is 1.